The van der Waals surface area contributed by atoms with Crippen LogP contribution in [0.1, 0.15) is 18.9 Å². The first-order chi connectivity index (χ1) is 8.06. The second-order valence-electron chi connectivity index (χ2n) is 4.90. The molecule has 2 unspecified atom stereocenters. The molecule has 0 radical (unpaired) electrons. The van der Waals surface area contributed by atoms with Gasteiger partial charge in [-0.3, -0.25) is 4.90 Å². The minimum atomic E-state index is 0.353. The first-order valence-electron chi connectivity index (χ1n) is 5.98. The highest BCUT2D eigenvalue weighted by Crippen LogP contribution is 2.24. The zero-order chi connectivity index (χ0) is 12.4. The highest BCUT2D eigenvalue weighted by atomic mass is 79.9. The first kappa shape index (κ1) is 13.3. The van der Waals surface area contributed by atoms with Gasteiger partial charge in [-0.25, -0.2) is 0 Å². The Bertz CT molecular complexity index is 397. The molecular formula is C13H18BrClN2. The molecule has 1 aromatic carbocycles. The van der Waals surface area contributed by atoms with Crippen LogP contribution in [0.4, 0.5) is 0 Å². The van der Waals surface area contributed by atoms with Crippen molar-refractivity contribution in [2.75, 3.05) is 13.1 Å². The number of hydrogen-bond donors (Lipinski definition) is 1. The maximum absolute atomic E-state index is 6.23. The van der Waals surface area contributed by atoms with E-state index in [0.717, 1.165) is 35.6 Å². The molecule has 0 aromatic heterocycles. The summed E-state index contributed by atoms with van der Waals surface area (Å²) in [6.07, 6.45) is 1.08. The van der Waals surface area contributed by atoms with Gasteiger partial charge in [0.05, 0.1) is 0 Å². The summed E-state index contributed by atoms with van der Waals surface area (Å²) in [5.41, 5.74) is 7.22. The van der Waals surface area contributed by atoms with Gasteiger partial charge >= 0.3 is 0 Å². The van der Waals surface area contributed by atoms with Crippen LogP contribution >= 0.6 is 27.5 Å². The third-order valence-electron chi connectivity index (χ3n) is 3.46. The van der Waals surface area contributed by atoms with Crippen molar-refractivity contribution in [2.45, 2.75) is 25.9 Å². The Balaban J connectivity index is 2.01. The van der Waals surface area contributed by atoms with E-state index < -0.39 is 0 Å². The molecule has 2 rings (SSSR count). The zero-order valence-corrected chi connectivity index (χ0v) is 12.3. The molecule has 1 heterocycles. The SMILES string of the molecule is CC1CN(Cc2ccc(Br)cc2Cl)CCC1N. The van der Waals surface area contributed by atoms with Crippen LogP contribution in [-0.4, -0.2) is 24.0 Å². The Labute approximate surface area is 116 Å². The second-order valence-corrected chi connectivity index (χ2v) is 6.22. The molecule has 1 aliphatic heterocycles. The second kappa shape index (κ2) is 5.70. The number of likely N-dealkylation sites (tertiary alicyclic amines) is 1. The van der Waals surface area contributed by atoms with Crippen LogP contribution in [0.3, 0.4) is 0 Å². The van der Waals surface area contributed by atoms with E-state index in [4.69, 9.17) is 17.3 Å². The largest absolute Gasteiger partial charge is 0.327 e. The van der Waals surface area contributed by atoms with Crippen molar-refractivity contribution in [3.05, 3.63) is 33.3 Å². The number of piperidine rings is 1. The van der Waals surface area contributed by atoms with E-state index in [1.165, 1.54) is 5.56 Å². The van der Waals surface area contributed by atoms with Crippen molar-refractivity contribution in [1.82, 2.24) is 4.90 Å². The van der Waals surface area contributed by atoms with Gasteiger partial charge in [-0.15, -0.1) is 0 Å². The summed E-state index contributed by atoms with van der Waals surface area (Å²) in [5, 5.41) is 0.835. The number of hydrogen-bond acceptors (Lipinski definition) is 2. The Morgan fingerprint density at radius 3 is 2.94 bits per heavy atom. The van der Waals surface area contributed by atoms with Crippen LogP contribution in [-0.2, 0) is 6.54 Å². The van der Waals surface area contributed by atoms with Gasteiger partial charge in [-0.05, 0) is 36.6 Å². The van der Waals surface area contributed by atoms with Gasteiger partial charge in [-0.2, -0.15) is 0 Å². The third-order valence-corrected chi connectivity index (χ3v) is 4.31. The monoisotopic (exact) mass is 316 g/mol. The topological polar surface area (TPSA) is 29.3 Å². The Kier molecular flexibility index (Phi) is 4.47. The van der Waals surface area contributed by atoms with Gasteiger partial charge in [-0.1, -0.05) is 40.5 Å². The van der Waals surface area contributed by atoms with Crippen molar-refractivity contribution in [3.63, 3.8) is 0 Å². The van der Waals surface area contributed by atoms with Crippen molar-refractivity contribution >= 4 is 27.5 Å². The summed E-state index contributed by atoms with van der Waals surface area (Å²) < 4.78 is 1.03. The number of halogens is 2. The van der Waals surface area contributed by atoms with Gasteiger partial charge < -0.3 is 5.73 Å². The van der Waals surface area contributed by atoms with Crippen molar-refractivity contribution in [3.8, 4) is 0 Å². The van der Waals surface area contributed by atoms with E-state index in [1.807, 2.05) is 12.1 Å². The molecule has 0 spiro atoms. The van der Waals surface area contributed by atoms with E-state index in [1.54, 1.807) is 0 Å². The molecule has 17 heavy (non-hydrogen) atoms. The van der Waals surface area contributed by atoms with Crippen molar-refractivity contribution in [2.24, 2.45) is 11.7 Å². The normalized spacial score (nSPS) is 26.1. The van der Waals surface area contributed by atoms with Crippen LogP contribution < -0.4 is 5.73 Å². The molecule has 0 amide bonds. The molecule has 1 aromatic rings. The number of nitrogens with zero attached hydrogens (tertiary/aromatic N) is 1. The summed E-state index contributed by atoms with van der Waals surface area (Å²) in [5.74, 6) is 0.568. The average molecular weight is 318 g/mol. The fourth-order valence-corrected chi connectivity index (χ4v) is 3.02. The number of benzene rings is 1. The zero-order valence-electron chi connectivity index (χ0n) is 10.00. The number of rotatable bonds is 2. The molecule has 2 N–H and O–H groups in total. The predicted molar refractivity (Wildman–Crippen MR) is 76.2 cm³/mol. The summed E-state index contributed by atoms with van der Waals surface area (Å²) in [7, 11) is 0. The van der Waals surface area contributed by atoms with Gasteiger partial charge in [0.15, 0.2) is 0 Å². The standard InChI is InChI=1S/C13H18BrClN2/c1-9-7-17(5-4-13(9)16)8-10-2-3-11(14)6-12(10)15/h2-3,6,9,13H,4-5,7-8,16H2,1H3. The van der Waals surface area contributed by atoms with E-state index in [2.05, 4.69) is 33.8 Å². The third kappa shape index (κ3) is 3.44. The van der Waals surface area contributed by atoms with Gasteiger partial charge in [0, 0.05) is 28.6 Å². The lowest BCUT2D eigenvalue weighted by Crippen LogP contribution is -2.45. The van der Waals surface area contributed by atoms with Crippen LogP contribution in [0.2, 0.25) is 5.02 Å². The molecule has 2 atom stereocenters. The van der Waals surface area contributed by atoms with E-state index in [9.17, 15) is 0 Å². The quantitative estimate of drug-likeness (QED) is 0.907. The number of nitrogens with two attached hydrogens (primary N) is 1. The van der Waals surface area contributed by atoms with E-state index in [0.29, 0.717) is 12.0 Å². The highest BCUT2D eigenvalue weighted by Gasteiger charge is 2.23. The lowest BCUT2D eigenvalue weighted by molar-refractivity contribution is 0.158. The molecule has 1 fully saturated rings. The molecular weight excluding hydrogens is 300 g/mol. The van der Waals surface area contributed by atoms with Gasteiger partial charge in [0.25, 0.3) is 0 Å². The molecule has 1 aliphatic rings. The summed E-state index contributed by atoms with van der Waals surface area (Å²) in [6.45, 7) is 5.27. The van der Waals surface area contributed by atoms with E-state index in [-0.39, 0.29) is 0 Å². The summed E-state index contributed by atoms with van der Waals surface area (Å²) >= 11 is 9.66. The molecule has 0 aliphatic carbocycles. The van der Waals surface area contributed by atoms with Crippen molar-refractivity contribution < 1.29 is 0 Å². The molecule has 2 nitrogen and oxygen atoms in total. The van der Waals surface area contributed by atoms with Crippen LogP contribution in [0, 0.1) is 5.92 Å². The van der Waals surface area contributed by atoms with Crippen LogP contribution in [0.5, 0.6) is 0 Å². The lowest BCUT2D eigenvalue weighted by atomic mass is 9.94. The average Bonchev–Trinajstić information content (AvgIpc) is 2.27. The Morgan fingerprint density at radius 2 is 2.29 bits per heavy atom. The van der Waals surface area contributed by atoms with E-state index >= 15 is 0 Å². The van der Waals surface area contributed by atoms with Crippen LogP contribution in [0.25, 0.3) is 0 Å². The Morgan fingerprint density at radius 1 is 1.53 bits per heavy atom. The fraction of sp³-hybridized carbons (Fsp3) is 0.538. The minimum absolute atomic E-state index is 0.353. The maximum Gasteiger partial charge on any atom is 0.0462 e. The molecule has 1 saturated heterocycles. The molecule has 0 saturated carbocycles. The minimum Gasteiger partial charge on any atom is -0.327 e. The summed E-state index contributed by atoms with van der Waals surface area (Å²) in [4.78, 5) is 2.43. The van der Waals surface area contributed by atoms with Crippen LogP contribution in [0.15, 0.2) is 22.7 Å². The highest BCUT2D eigenvalue weighted by molar-refractivity contribution is 9.10. The van der Waals surface area contributed by atoms with Gasteiger partial charge in [0.1, 0.15) is 0 Å². The predicted octanol–water partition coefficient (Wildman–Crippen LogP) is 3.27. The summed E-state index contributed by atoms with van der Waals surface area (Å²) in [6, 6.07) is 6.44. The first-order valence-corrected chi connectivity index (χ1v) is 7.15. The fourth-order valence-electron chi connectivity index (χ4n) is 2.28. The van der Waals surface area contributed by atoms with Crippen molar-refractivity contribution in [1.29, 1.82) is 0 Å². The molecule has 0 bridgehead atoms. The smallest absolute Gasteiger partial charge is 0.0462 e. The molecule has 4 heteroatoms. The molecule has 94 valence electrons. The lowest BCUT2D eigenvalue weighted by Gasteiger charge is -2.35. The Hall–Kier alpha value is -0.0900. The van der Waals surface area contributed by atoms with Gasteiger partial charge in [0.2, 0.25) is 0 Å². The maximum atomic E-state index is 6.23.